The second-order valence-corrected chi connectivity index (χ2v) is 17.2. The molecule has 0 spiro atoms. The molecule has 0 atom stereocenters. The Morgan fingerprint density at radius 2 is 0.815 bits per heavy atom. The number of hydrogen-bond acceptors (Lipinski definition) is 4. The van der Waals surface area contributed by atoms with Gasteiger partial charge in [0.25, 0.3) is 0 Å². The van der Waals surface area contributed by atoms with Crippen LogP contribution in [0.2, 0.25) is 0 Å². The Bertz CT molecular complexity index is 2600. The standard InChI is InChI=1S/C46H35F15N4/c1-45(2)12-19(22(16-62)20(13-45)24(18-64)27-30(47)36(53)42(59)37(54)31(27)48)10-8-6-5-7-9-11-65-25-15-46(3,4)14-21(23(25)17-63)26(28-32(49)38(55)43(60)39(56)33(28)50)29-34(51)40(57)44(61)41(58)35(29)52/h65H,5-15H2,1-4H3/b24-20+. The van der Waals surface area contributed by atoms with Crippen molar-refractivity contribution in [2.45, 2.75) is 91.9 Å². The van der Waals surface area contributed by atoms with E-state index in [0.717, 1.165) is 0 Å². The van der Waals surface area contributed by atoms with E-state index in [1.54, 1.807) is 19.9 Å². The van der Waals surface area contributed by atoms with Crippen molar-refractivity contribution in [1.29, 1.82) is 15.8 Å². The average Bonchev–Trinajstić information content (AvgIpc) is 3.25. The van der Waals surface area contributed by atoms with Crippen molar-refractivity contribution in [3.05, 3.63) is 138 Å². The summed E-state index contributed by atoms with van der Waals surface area (Å²) in [6, 6.07) is 5.14. The summed E-state index contributed by atoms with van der Waals surface area (Å²) in [5.74, 6) is -37.7. The minimum absolute atomic E-state index is 0.0358. The van der Waals surface area contributed by atoms with E-state index in [1.165, 1.54) is 19.9 Å². The van der Waals surface area contributed by atoms with Crippen molar-refractivity contribution in [2.75, 3.05) is 6.54 Å². The van der Waals surface area contributed by atoms with Crippen molar-refractivity contribution in [3.8, 4) is 18.2 Å². The van der Waals surface area contributed by atoms with Crippen LogP contribution >= 0.6 is 0 Å². The van der Waals surface area contributed by atoms with Gasteiger partial charge in [-0.15, -0.1) is 0 Å². The fraction of sp³-hybridized carbons (Fsp3) is 0.370. The lowest BCUT2D eigenvalue weighted by atomic mass is 9.69. The number of rotatable bonds is 12. The number of nitrogens with zero attached hydrogens (tertiary/aromatic N) is 3. The first kappa shape index (κ1) is 49.8. The zero-order valence-corrected chi connectivity index (χ0v) is 34.8. The SMILES string of the molecule is CC1(C)CC(NCCCCCCCC2=C(C#N)/C(=C(\C#N)c3c(F)c(F)c(F)c(F)c3F)CC(C)(C)C2)=C(C#N)C(=C(c2c(F)c(F)c(F)c(F)c2F)c2c(F)c(F)c(F)c(F)c2F)C1. The molecule has 344 valence electrons. The third kappa shape index (κ3) is 9.36. The Morgan fingerprint density at radius 1 is 0.446 bits per heavy atom. The maximum Gasteiger partial charge on any atom is 0.200 e. The molecule has 0 aromatic heterocycles. The van der Waals surface area contributed by atoms with Crippen LogP contribution in [0.3, 0.4) is 0 Å². The number of nitrogens with one attached hydrogen (secondary N) is 1. The van der Waals surface area contributed by atoms with Crippen molar-refractivity contribution in [1.82, 2.24) is 5.32 Å². The fourth-order valence-corrected chi connectivity index (χ4v) is 8.37. The average molecular weight is 929 g/mol. The Morgan fingerprint density at radius 3 is 1.25 bits per heavy atom. The third-order valence-electron chi connectivity index (χ3n) is 11.2. The monoisotopic (exact) mass is 928 g/mol. The molecule has 0 fully saturated rings. The Balaban J connectivity index is 1.41. The molecule has 0 saturated carbocycles. The molecule has 4 nitrogen and oxygen atoms in total. The number of allylic oxidation sites excluding steroid dienone is 7. The summed E-state index contributed by atoms with van der Waals surface area (Å²) in [5, 5.41) is 33.2. The number of benzene rings is 3. The predicted octanol–water partition coefficient (Wildman–Crippen LogP) is 13.7. The molecular weight excluding hydrogens is 894 g/mol. The highest BCUT2D eigenvalue weighted by Crippen LogP contribution is 2.49. The van der Waals surface area contributed by atoms with Crippen LogP contribution in [0.5, 0.6) is 0 Å². The van der Waals surface area contributed by atoms with Crippen LogP contribution in [0.15, 0.2) is 33.6 Å². The zero-order valence-electron chi connectivity index (χ0n) is 34.8. The molecule has 5 rings (SSSR count). The van der Waals surface area contributed by atoms with Crippen LogP contribution in [-0.2, 0) is 0 Å². The molecule has 0 aliphatic heterocycles. The molecule has 0 unspecified atom stereocenters. The van der Waals surface area contributed by atoms with Crippen LogP contribution in [-0.4, -0.2) is 6.54 Å². The van der Waals surface area contributed by atoms with Gasteiger partial charge in [-0.3, -0.25) is 0 Å². The van der Waals surface area contributed by atoms with E-state index in [-0.39, 0.29) is 42.7 Å². The van der Waals surface area contributed by atoms with Gasteiger partial charge in [0.15, 0.2) is 69.8 Å². The third-order valence-corrected chi connectivity index (χ3v) is 11.2. The minimum atomic E-state index is -2.68. The lowest BCUT2D eigenvalue weighted by molar-refractivity contribution is 0.337. The van der Waals surface area contributed by atoms with Gasteiger partial charge in [0.2, 0.25) is 17.5 Å². The van der Waals surface area contributed by atoms with Gasteiger partial charge >= 0.3 is 0 Å². The predicted molar refractivity (Wildman–Crippen MR) is 204 cm³/mol. The first-order chi connectivity index (χ1) is 30.4. The van der Waals surface area contributed by atoms with E-state index in [2.05, 4.69) is 5.32 Å². The Labute approximate surface area is 362 Å². The van der Waals surface area contributed by atoms with Gasteiger partial charge in [0.05, 0.1) is 39.5 Å². The molecule has 3 aromatic rings. The molecule has 0 saturated heterocycles. The summed E-state index contributed by atoms with van der Waals surface area (Å²) in [6.45, 7) is 6.53. The second kappa shape index (κ2) is 19.1. The molecule has 0 radical (unpaired) electrons. The van der Waals surface area contributed by atoms with Gasteiger partial charge in [0, 0.05) is 17.8 Å². The van der Waals surface area contributed by atoms with Crippen molar-refractivity contribution >= 4 is 11.1 Å². The molecule has 3 aromatic carbocycles. The molecular formula is C46H35F15N4. The number of unbranched alkanes of at least 4 members (excludes halogenated alkanes) is 4. The Hall–Kier alpha value is -6.16. The number of hydrogen-bond donors (Lipinski definition) is 1. The normalized spacial score (nSPS) is 16.6. The summed E-state index contributed by atoms with van der Waals surface area (Å²) in [4.78, 5) is 0. The van der Waals surface area contributed by atoms with Crippen LogP contribution in [0.4, 0.5) is 65.9 Å². The second-order valence-electron chi connectivity index (χ2n) is 17.2. The minimum Gasteiger partial charge on any atom is -0.387 e. The first-order valence-corrected chi connectivity index (χ1v) is 19.8. The zero-order chi connectivity index (χ0) is 48.6. The molecule has 0 bridgehead atoms. The van der Waals surface area contributed by atoms with Crippen LogP contribution in [0, 0.1) is 132 Å². The van der Waals surface area contributed by atoms with Gasteiger partial charge in [-0.2, -0.15) is 15.8 Å². The highest BCUT2D eigenvalue weighted by Gasteiger charge is 2.41. The Kier molecular flexibility index (Phi) is 14.7. The highest BCUT2D eigenvalue weighted by atomic mass is 19.2. The molecule has 1 N–H and O–H groups in total. The molecule has 2 aliphatic rings. The van der Waals surface area contributed by atoms with E-state index in [1.807, 2.05) is 6.07 Å². The van der Waals surface area contributed by atoms with Gasteiger partial charge < -0.3 is 5.32 Å². The van der Waals surface area contributed by atoms with E-state index >= 15 is 17.6 Å². The maximum absolute atomic E-state index is 15.4. The molecule has 0 amide bonds. The molecule has 65 heavy (non-hydrogen) atoms. The molecule has 19 heteroatoms. The van der Waals surface area contributed by atoms with E-state index < -0.39 is 143 Å². The first-order valence-electron chi connectivity index (χ1n) is 19.8. The highest BCUT2D eigenvalue weighted by molar-refractivity contribution is 5.88. The summed E-state index contributed by atoms with van der Waals surface area (Å²) in [7, 11) is 0. The smallest absolute Gasteiger partial charge is 0.200 e. The fourth-order valence-electron chi connectivity index (χ4n) is 8.37. The van der Waals surface area contributed by atoms with Crippen molar-refractivity contribution < 1.29 is 65.9 Å². The summed E-state index contributed by atoms with van der Waals surface area (Å²) >= 11 is 0. The van der Waals surface area contributed by atoms with Crippen molar-refractivity contribution in [2.24, 2.45) is 10.8 Å². The van der Waals surface area contributed by atoms with Crippen LogP contribution in [0.1, 0.15) is 109 Å². The summed E-state index contributed by atoms with van der Waals surface area (Å²) in [6.07, 6.45) is 2.16. The largest absolute Gasteiger partial charge is 0.387 e. The number of halogens is 15. The van der Waals surface area contributed by atoms with Gasteiger partial charge in [-0.25, -0.2) is 65.9 Å². The summed E-state index contributed by atoms with van der Waals surface area (Å²) < 4.78 is 220. The lowest BCUT2D eigenvalue weighted by Crippen LogP contribution is -2.29. The summed E-state index contributed by atoms with van der Waals surface area (Å²) in [5.41, 5.74) is -11.0. The van der Waals surface area contributed by atoms with Crippen molar-refractivity contribution in [3.63, 3.8) is 0 Å². The quantitative estimate of drug-likeness (QED) is 0.0645. The van der Waals surface area contributed by atoms with Gasteiger partial charge in [-0.05, 0) is 66.9 Å². The maximum atomic E-state index is 15.4. The van der Waals surface area contributed by atoms with Gasteiger partial charge in [0.1, 0.15) is 12.1 Å². The topological polar surface area (TPSA) is 83.4 Å². The lowest BCUT2D eigenvalue weighted by Gasteiger charge is -2.35. The van der Waals surface area contributed by atoms with Crippen LogP contribution < -0.4 is 5.32 Å². The molecule has 2 aliphatic carbocycles. The van der Waals surface area contributed by atoms with Crippen LogP contribution in [0.25, 0.3) is 11.1 Å². The van der Waals surface area contributed by atoms with E-state index in [0.29, 0.717) is 44.1 Å². The molecule has 0 heterocycles. The number of nitriles is 3. The van der Waals surface area contributed by atoms with Gasteiger partial charge in [-0.1, -0.05) is 52.5 Å². The van der Waals surface area contributed by atoms with E-state index in [4.69, 9.17) is 0 Å². The van der Waals surface area contributed by atoms with E-state index in [9.17, 15) is 64.1 Å².